The lowest BCUT2D eigenvalue weighted by atomic mass is 10.2. The number of rotatable bonds is 1. The highest BCUT2D eigenvalue weighted by molar-refractivity contribution is 6.29. The molecular weight excluding hydrogens is 190 g/mol. The van der Waals surface area contributed by atoms with Crippen molar-refractivity contribution in [3.63, 3.8) is 0 Å². The van der Waals surface area contributed by atoms with Gasteiger partial charge in [-0.3, -0.25) is 0 Å². The summed E-state index contributed by atoms with van der Waals surface area (Å²) in [7, 11) is 0. The molecule has 0 aliphatic rings. The van der Waals surface area contributed by atoms with E-state index in [2.05, 4.69) is 9.97 Å². The van der Waals surface area contributed by atoms with Crippen LogP contribution in [0.1, 0.15) is 0 Å². The highest BCUT2D eigenvalue weighted by Gasteiger charge is 2.04. The topological polar surface area (TPSA) is 64.9 Å². The summed E-state index contributed by atoms with van der Waals surface area (Å²) in [4.78, 5) is 7.78. The van der Waals surface area contributed by atoms with Gasteiger partial charge in [-0.15, -0.1) is 0 Å². The predicted molar refractivity (Wildman–Crippen MR) is 49.2 cm³/mol. The van der Waals surface area contributed by atoms with Gasteiger partial charge in [-0.2, -0.15) is 0 Å². The summed E-state index contributed by atoms with van der Waals surface area (Å²) in [6.07, 6.45) is 3.04. The Morgan fingerprint density at radius 2 is 2.23 bits per heavy atom. The summed E-state index contributed by atoms with van der Waals surface area (Å²) >= 11 is 5.71. The van der Waals surface area contributed by atoms with E-state index in [4.69, 9.17) is 21.8 Å². The number of oxazole rings is 1. The van der Waals surface area contributed by atoms with Crippen molar-refractivity contribution in [2.24, 2.45) is 0 Å². The van der Waals surface area contributed by atoms with Crippen LogP contribution in [0.3, 0.4) is 0 Å². The minimum absolute atomic E-state index is 0.327. The summed E-state index contributed by atoms with van der Waals surface area (Å²) in [6, 6.07) is 3.29. The Labute approximate surface area is 79.4 Å². The van der Waals surface area contributed by atoms with Gasteiger partial charge in [0.2, 0.25) is 5.89 Å². The molecule has 4 nitrogen and oxygen atoms in total. The molecule has 0 aliphatic heterocycles. The van der Waals surface area contributed by atoms with Gasteiger partial charge in [0.25, 0.3) is 0 Å². The summed E-state index contributed by atoms with van der Waals surface area (Å²) in [5.41, 5.74) is 6.23. The predicted octanol–water partition coefficient (Wildman–Crippen LogP) is 1.97. The molecule has 0 radical (unpaired) electrons. The first-order valence-electron chi connectivity index (χ1n) is 3.58. The number of aromatic nitrogens is 2. The third-order valence-electron chi connectivity index (χ3n) is 1.49. The Balaban J connectivity index is 2.53. The van der Waals surface area contributed by atoms with Gasteiger partial charge in [-0.05, 0) is 12.1 Å². The van der Waals surface area contributed by atoms with Gasteiger partial charge >= 0.3 is 0 Å². The van der Waals surface area contributed by atoms with Crippen molar-refractivity contribution in [1.82, 2.24) is 9.97 Å². The highest BCUT2D eigenvalue weighted by Crippen LogP contribution is 2.21. The van der Waals surface area contributed by atoms with Crippen molar-refractivity contribution in [3.05, 3.63) is 29.7 Å². The summed E-state index contributed by atoms with van der Waals surface area (Å²) in [6.45, 7) is 0. The number of nitrogen functional groups attached to an aromatic ring is 1. The Morgan fingerprint density at radius 1 is 1.38 bits per heavy atom. The molecule has 2 N–H and O–H groups in total. The van der Waals surface area contributed by atoms with Crippen molar-refractivity contribution < 1.29 is 4.42 Å². The monoisotopic (exact) mass is 195 g/mol. The fourth-order valence-corrected chi connectivity index (χ4v) is 1.22. The highest BCUT2D eigenvalue weighted by atomic mass is 35.5. The van der Waals surface area contributed by atoms with Crippen LogP contribution >= 0.6 is 11.6 Å². The van der Waals surface area contributed by atoms with Crippen LogP contribution in [-0.4, -0.2) is 9.97 Å². The molecule has 2 aromatic rings. The maximum absolute atomic E-state index is 5.71. The molecule has 5 heteroatoms. The Kier molecular flexibility index (Phi) is 1.90. The first kappa shape index (κ1) is 8.07. The molecule has 66 valence electrons. The molecular formula is C8H6ClN3O. The molecule has 13 heavy (non-hydrogen) atoms. The summed E-state index contributed by atoms with van der Waals surface area (Å²) < 4.78 is 5.08. The van der Waals surface area contributed by atoms with Gasteiger partial charge in [0.1, 0.15) is 17.2 Å². The molecule has 0 amide bonds. The van der Waals surface area contributed by atoms with E-state index in [9.17, 15) is 0 Å². The first-order valence-corrected chi connectivity index (χ1v) is 3.96. The quantitative estimate of drug-likeness (QED) is 0.707. The van der Waals surface area contributed by atoms with Crippen molar-refractivity contribution in [3.8, 4) is 11.5 Å². The molecule has 0 fully saturated rings. The average Bonchev–Trinajstić information content (AvgIpc) is 2.53. The first-order chi connectivity index (χ1) is 6.25. The lowest BCUT2D eigenvalue weighted by Crippen LogP contribution is -1.90. The Morgan fingerprint density at radius 3 is 2.85 bits per heavy atom. The van der Waals surface area contributed by atoms with Gasteiger partial charge < -0.3 is 10.2 Å². The number of nitrogens with zero attached hydrogens (tertiary/aromatic N) is 2. The number of anilines is 1. The number of hydrogen-bond donors (Lipinski definition) is 1. The summed E-state index contributed by atoms with van der Waals surface area (Å²) in [5.74, 6) is 0.830. The van der Waals surface area contributed by atoms with Gasteiger partial charge in [0, 0.05) is 5.56 Å². The molecule has 0 spiro atoms. The molecule has 0 atom stereocenters. The number of nitrogens with two attached hydrogens (primary N) is 1. The zero-order valence-corrected chi connectivity index (χ0v) is 7.32. The van der Waals surface area contributed by atoms with Crippen LogP contribution in [0.25, 0.3) is 11.5 Å². The van der Waals surface area contributed by atoms with Gasteiger partial charge in [0.15, 0.2) is 0 Å². The largest absolute Gasteiger partial charge is 0.445 e. The smallest absolute Gasteiger partial charge is 0.226 e. The van der Waals surface area contributed by atoms with E-state index in [0.717, 1.165) is 5.56 Å². The van der Waals surface area contributed by atoms with Crippen molar-refractivity contribution in [2.75, 3.05) is 5.73 Å². The van der Waals surface area contributed by atoms with E-state index in [-0.39, 0.29) is 0 Å². The Bertz CT molecular complexity index is 393. The molecule has 2 aromatic heterocycles. The van der Waals surface area contributed by atoms with Crippen molar-refractivity contribution in [1.29, 1.82) is 0 Å². The second-order valence-corrected chi connectivity index (χ2v) is 2.83. The number of hydrogen-bond acceptors (Lipinski definition) is 4. The molecule has 0 bridgehead atoms. The number of pyridine rings is 1. The molecule has 0 saturated carbocycles. The lowest BCUT2D eigenvalue weighted by Gasteiger charge is -1.97. The van der Waals surface area contributed by atoms with E-state index in [1.807, 2.05) is 0 Å². The third kappa shape index (κ3) is 1.62. The zero-order chi connectivity index (χ0) is 9.26. The normalized spacial score (nSPS) is 10.2. The maximum atomic E-state index is 5.71. The van der Waals surface area contributed by atoms with Crippen LogP contribution in [0.4, 0.5) is 5.82 Å². The second kappa shape index (κ2) is 3.06. The van der Waals surface area contributed by atoms with Gasteiger partial charge in [-0.1, -0.05) is 11.6 Å². The van der Waals surface area contributed by atoms with E-state index in [0.29, 0.717) is 16.9 Å². The molecule has 2 rings (SSSR count). The second-order valence-electron chi connectivity index (χ2n) is 2.44. The van der Waals surface area contributed by atoms with Gasteiger partial charge in [0.05, 0.1) is 6.20 Å². The van der Waals surface area contributed by atoms with E-state index in [1.54, 1.807) is 18.3 Å². The molecule has 0 aliphatic carbocycles. The maximum Gasteiger partial charge on any atom is 0.226 e. The SMILES string of the molecule is Nc1cc(-c2ncco2)cc(Cl)n1. The lowest BCUT2D eigenvalue weighted by molar-refractivity contribution is 0.574. The number of halogens is 1. The van der Waals surface area contributed by atoms with E-state index in [1.165, 1.54) is 6.26 Å². The molecule has 2 heterocycles. The minimum atomic E-state index is 0.327. The van der Waals surface area contributed by atoms with Gasteiger partial charge in [-0.25, -0.2) is 9.97 Å². The minimum Gasteiger partial charge on any atom is -0.445 e. The molecule has 0 aromatic carbocycles. The molecule has 0 saturated heterocycles. The Hall–Kier alpha value is -1.55. The zero-order valence-electron chi connectivity index (χ0n) is 6.57. The third-order valence-corrected chi connectivity index (χ3v) is 1.69. The van der Waals surface area contributed by atoms with Crippen LogP contribution in [-0.2, 0) is 0 Å². The van der Waals surface area contributed by atoms with E-state index < -0.39 is 0 Å². The van der Waals surface area contributed by atoms with Crippen molar-refractivity contribution >= 4 is 17.4 Å². The summed E-state index contributed by atoms with van der Waals surface area (Å²) in [5, 5.41) is 0.327. The fraction of sp³-hybridized carbons (Fsp3) is 0. The van der Waals surface area contributed by atoms with Crippen LogP contribution in [0, 0.1) is 0 Å². The van der Waals surface area contributed by atoms with Crippen LogP contribution in [0.5, 0.6) is 0 Å². The standard InChI is InChI=1S/C8H6ClN3O/c9-6-3-5(4-7(10)12-6)8-11-1-2-13-8/h1-4H,(H2,10,12). The average molecular weight is 196 g/mol. The van der Waals surface area contributed by atoms with Crippen molar-refractivity contribution in [2.45, 2.75) is 0 Å². The fourth-order valence-electron chi connectivity index (χ4n) is 1.01. The van der Waals surface area contributed by atoms with Crippen LogP contribution in [0.2, 0.25) is 5.15 Å². The molecule has 0 unspecified atom stereocenters. The van der Waals surface area contributed by atoms with Crippen LogP contribution in [0.15, 0.2) is 29.0 Å². The van der Waals surface area contributed by atoms with Crippen LogP contribution < -0.4 is 5.73 Å². The van der Waals surface area contributed by atoms with E-state index >= 15 is 0 Å².